The van der Waals surface area contributed by atoms with Crippen molar-refractivity contribution in [2.75, 3.05) is 0 Å². The van der Waals surface area contributed by atoms with Gasteiger partial charge in [-0.2, -0.15) is 4.98 Å². The van der Waals surface area contributed by atoms with Crippen LogP contribution in [0.2, 0.25) is 5.02 Å². The molecule has 1 aromatic carbocycles. The summed E-state index contributed by atoms with van der Waals surface area (Å²) in [4.78, 5) is 17.3. The fourth-order valence-electron chi connectivity index (χ4n) is 1.76. The lowest BCUT2D eigenvalue weighted by Gasteiger charge is -2.05. The Morgan fingerprint density at radius 1 is 1.41 bits per heavy atom. The highest BCUT2D eigenvalue weighted by Gasteiger charge is 2.13. The van der Waals surface area contributed by atoms with E-state index in [2.05, 4.69) is 31.4 Å². The molecule has 0 saturated carbocycles. The zero-order valence-electron chi connectivity index (χ0n) is 11.0. The maximum atomic E-state index is 12.1. The predicted molar refractivity (Wildman–Crippen MR) is 87.9 cm³/mol. The van der Waals surface area contributed by atoms with Crippen molar-refractivity contribution in [3.8, 4) is 10.7 Å². The first-order chi connectivity index (χ1) is 10.6. The summed E-state index contributed by atoms with van der Waals surface area (Å²) in [5.41, 5.74) is 0.383. The van der Waals surface area contributed by atoms with Gasteiger partial charge in [0.05, 0.1) is 22.0 Å². The van der Waals surface area contributed by atoms with Gasteiger partial charge in [-0.05, 0) is 29.6 Å². The molecule has 0 radical (unpaired) electrons. The average Bonchev–Trinajstić information content (AvgIpc) is 3.17. The molecule has 3 aromatic rings. The predicted octanol–water partition coefficient (Wildman–Crippen LogP) is 4.14. The van der Waals surface area contributed by atoms with Crippen LogP contribution in [0.4, 0.5) is 0 Å². The van der Waals surface area contributed by atoms with Crippen molar-refractivity contribution in [3.05, 3.63) is 56.7 Å². The van der Waals surface area contributed by atoms with Gasteiger partial charge in [-0.25, -0.2) is 0 Å². The topological polar surface area (TPSA) is 68.0 Å². The van der Waals surface area contributed by atoms with E-state index in [1.807, 2.05) is 17.5 Å². The monoisotopic (exact) mass is 397 g/mol. The number of nitrogens with one attached hydrogen (secondary N) is 1. The van der Waals surface area contributed by atoms with Gasteiger partial charge in [0.25, 0.3) is 5.91 Å². The number of carbonyl (C=O) groups is 1. The molecule has 0 aliphatic heterocycles. The Balaban J connectivity index is 1.67. The zero-order valence-corrected chi connectivity index (χ0v) is 14.2. The Kier molecular flexibility index (Phi) is 4.56. The van der Waals surface area contributed by atoms with E-state index in [0.717, 1.165) is 9.35 Å². The Bertz CT molecular complexity index is 804. The SMILES string of the molecule is O=C(NCc1nc(-c2cccs2)no1)c1cc(Br)ccc1Cl. The summed E-state index contributed by atoms with van der Waals surface area (Å²) in [6.07, 6.45) is 0. The molecule has 0 bridgehead atoms. The van der Waals surface area contributed by atoms with Crippen molar-refractivity contribution in [2.24, 2.45) is 0 Å². The van der Waals surface area contributed by atoms with Crippen molar-refractivity contribution in [2.45, 2.75) is 6.54 Å². The van der Waals surface area contributed by atoms with Gasteiger partial charge in [-0.15, -0.1) is 11.3 Å². The molecule has 2 aromatic heterocycles. The summed E-state index contributed by atoms with van der Waals surface area (Å²) in [6, 6.07) is 8.89. The molecule has 0 aliphatic carbocycles. The highest BCUT2D eigenvalue weighted by Crippen LogP contribution is 2.22. The molecular weight excluding hydrogens is 390 g/mol. The molecule has 112 valence electrons. The minimum Gasteiger partial charge on any atom is -0.343 e. The van der Waals surface area contributed by atoms with Gasteiger partial charge in [-0.3, -0.25) is 4.79 Å². The van der Waals surface area contributed by atoms with Gasteiger partial charge in [0.2, 0.25) is 11.7 Å². The van der Waals surface area contributed by atoms with E-state index < -0.39 is 0 Å². The summed E-state index contributed by atoms with van der Waals surface area (Å²) < 4.78 is 5.89. The molecule has 0 saturated heterocycles. The molecule has 1 amide bonds. The van der Waals surface area contributed by atoms with Crippen molar-refractivity contribution >= 4 is 44.8 Å². The van der Waals surface area contributed by atoms with Crippen LogP contribution in [0.25, 0.3) is 10.7 Å². The van der Waals surface area contributed by atoms with Crippen LogP contribution in [0, 0.1) is 0 Å². The highest BCUT2D eigenvalue weighted by atomic mass is 79.9. The highest BCUT2D eigenvalue weighted by molar-refractivity contribution is 9.10. The average molecular weight is 399 g/mol. The molecular formula is C14H9BrClN3O2S. The summed E-state index contributed by atoms with van der Waals surface area (Å²) in [6.45, 7) is 0.139. The maximum Gasteiger partial charge on any atom is 0.253 e. The smallest absolute Gasteiger partial charge is 0.253 e. The van der Waals surface area contributed by atoms with E-state index >= 15 is 0 Å². The van der Waals surface area contributed by atoms with Gasteiger partial charge in [-0.1, -0.05) is 38.8 Å². The number of hydrogen-bond donors (Lipinski definition) is 1. The molecule has 5 nitrogen and oxygen atoms in total. The Labute approximate surface area is 143 Å². The second-order valence-corrected chi connectivity index (χ2v) is 6.57. The van der Waals surface area contributed by atoms with Crippen molar-refractivity contribution in [1.82, 2.24) is 15.5 Å². The molecule has 2 heterocycles. The number of hydrogen-bond acceptors (Lipinski definition) is 5. The summed E-state index contributed by atoms with van der Waals surface area (Å²) in [5, 5.41) is 8.90. The van der Waals surface area contributed by atoms with E-state index in [1.54, 1.807) is 18.2 Å². The summed E-state index contributed by atoms with van der Waals surface area (Å²) in [5.74, 6) is 0.546. The van der Waals surface area contributed by atoms with Crippen LogP contribution >= 0.6 is 38.9 Å². The van der Waals surface area contributed by atoms with E-state index in [-0.39, 0.29) is 12.5 Å². The van der Waals surface area contributed by atoms with Crippen LogP contribution in [0.5, 0.6) is 0 Å². The van der Waals surface area contributed by atoms with Crippen LogP contribution in [0.1, 0.15) is 16.2 Å². The second-order valence-electron chi connectivity index (χ2n) is 4.30. The zero-order chi connectivity index (χ0) is 15.5. The molecule has 0 fully saturated rings. The molecule has 3 rings (SSSR count). The molecule has 1 N–H and O–H groups in total. The molecule has 0 unspecified atom stereocenters. The molecule has 0 atom stereocenters. The number of aromatic nitrogens is 2. The lowest BCUT2D eigenvalue weighted by Crippen LogP contribution is -2.23. The number of amides is 1. The first-order valence-corrected chi connectivity index (χ1v) is 8.28. The lowest BCUT2D eigenvalue weighted by atomic mass is 10.2. The van der Waals surface area contributed by atoms with Crippen molar-refractivity contribution < 1.29 is 9.32 Å². The Hall–Kier alpha value is -1.70. The van der Waals surface area contributed by atoms with E-state index in [9.17, 15) is 4.79 Å². The maximum absolute atomic E-state index is 12.1. The van der Waals surface area contributed by atoms with Gasteiger partial charge in [0.1, 0.15) is 0 Å². The van der Waals surface area contributed by atoms with Gasteiger partial charge < -0.3 is 9.84 Å². The first-order valence-electron chi connectivity index (χ1n) is 6.23. The first kappa shape index (κ1) is 15.2. The van der Waals surface area contributed by atoms with E-state index in [1.165, 1.54) is 11.3 Å². The fraction of sp³-hybridized carbons (Fsp3) is 0.0714. The molecule has 0 spiro atoms. The number of benzene rings is 1. The summed E-state index contributed by atoms with van der Waals surface area (Å²) >= 11 is 10.8. The fourth-order valence-corrected chi connectivity index (χ4v) is 2.97. The third kappa shape index (κ3) is 3.37. The number of halogens is 2. The largest absolute Gasteiger partial charge is 0.343 e. The second kappa shape index (κ2) is 6.60. The van der Waals surface area contributed by atoms with Crippen LogP contribution in [0.15, 0.2) is 44.7 Å². The third-order valence-corrected chi connectivity index (χ3v) is 4.47. The molecule has 0 aliphatic rings. The van der Waals surface area contributed by atoms with Gasteiger partial charge in [0.15, 0.2) is 0 Å². The number of nitrogens with zero attached hydrogens (tertiary/aromatic N) is 2. The minimum atomic E-state index is -0.304. The molecule has 8 heteroatoms. The normalized spacial score (nSPS) is 10.6. The van der Waals surface area contributed by atoms with Crippen molar-refractivity contribution in [3.63, 3.8) is 0 Å². The van der Waals surface area contributed by atoms with Crippen LogP contribution < -0.4 is 5.32 Å². The van der Waals surface area contributed by atoms with E-state index in [0.29, 0.717) is 22.3 Å². The molecule has 22 heavy (non-hydrogen) atoms. The van der Waals surface area contributed by atoms with E-state index in [4.69, 9.17) is 16.1 Å². The number of thiophene rings is 1. The van der Waals surface area contributed by atoms with Crippen LogP contribution in [0.3, 0.4) is 0 Å². The van der Waals surface area contributed by atoms with Gasteiger partial charge in [0, 0.05) is 4.47 Å². The van der Waals surface area contributed by atoms with Crippen molar-refractivity contribution in [1.29, 1.82) is 0 Å². The lowest BCUT2D eigenvalue weighted by molar-refractivity contribution is 0.0946. The number of carbonyl (C=O) groups excluding carboxylic acids is 1. The van der Waals surface area contributed by atoms with Gasteiger partial charge >= 0.3 is 0 Å². The minimum absolute atomic E-state index is 0.139. The quantitative estimate of drug-likeness (QED) is 0.717. The third-order valence-electron chi connectivity index (χ3n) is 2.78. The Morgan fingerprint density at radius 3 is 3.05 bits per heavy atom. The summed E-state index contributed by atoms with van der Waals surface area (Å²) in [7, 11) is 0. The van der Waals surface area contributed by atoms with Crippen LogP contribution in [-0.2, 0) is 6.54 Å². The van der Waals surface area contributed by atoms with Crippen LogP contribution in [-0.4, -0.2) is 16.0 Å². The number of rotatable bonds is 4. The Morgan fingerprint density at radius 2 is 2.27 bits per heavy atom. The standard InChI is InChI=1S/C14H9BrClN3O2S/c15-8-3-4-10(16)9(6-8)14(20)17-7-12-18-13(19-21-12)11-2-1-5-22-11/h1-6H,7H2,(H,17,20).